The maximum Gasteiger partial charge on any atom is 0.251 e. The lowest BCUT2D eigenvalue weighted by Gasteiger charge is -2.40. The summed E-state index contributed by atoms with van der Waals surface area (Å²) in [5.74, 6) is -1.58. The molecule has 0 bridgehead atoms. The smallest absolute Gasteiger partial charge is 0.251 e. The predicted molar refractivity (Wildman–Crippen MR) is 188 cm³/mol. The summed E-state index contributed by atoms with van der Waals surface area (Å²) in [7, 11) is 4.85. The van der Waals surface area contributed by atoms with Crippen molar-refractivity contribution in [2.75, 3.05) is 40.1 Å². The molecule has 13 nitrogen and oxygen atoms in total. The molecule has 1 aromatic carbocycles. The van der Waals surface area contributed by atoms with Crippen molar-refractivity contribution < 1.29 is 28.7 Å². The number of rotatable bonds is 18. The first-order valence-electron chi connectivity index (χ1n) is 17.4. The standard InChI is InChI=1S/C36H57N7O6/c1-9-24(4)32(41(6)36(47)31(23(2)3)40-35(46)26-12-14-27(37)15-13-26)29(48-7)21-30(44)43-18-10-11-28(43)33(49-8)25(5)34(45)39-17-20-42-19-16-38-22-42/h12-16,19,22-25,28-29,31-33H,9-11,17-18,20-21,37H2,1-8H3,(H,39,45)(H,40,46)/t24-,25+,28-,29-,31-,32-,33+/m0/s1. The molecule has 1 aromatic heterocycles. The first-order valence-corrected chi connectivity index (χ1v) is 17.4. The van der Waals surface area contributed by atoms with Gasteiger partial charge in [0.2, 0.25) is 17.7 Å². The van der Waals surface area contributed by atoms with Crippen molar-refractivity contribution >= 4 is 29.3 Å². The number of nitrogens with zero attached hydrogens (tertiary/aromatic N) is 4. The van der Waals surface area contributed by atoms with Crippen molar-refractivity contribution in [3.05, 3.63) is 48.5 Å². The number of methoxy groups -OCH3 is 2. The van der Waals surface area contributed by atoms with Crippen LogP contribution >= 0.6 is 0 Å². The number of hydrogen-bond donors (Lipinski definition) is 3. The Kier molecular flexibility index (Phi) is 15.1. The maximum atomic E-state index is 14.1. The molecule has 272 valence electrons. The fraction of sp³-hybridized carbons (Fsp3) is 0.639. The molecule has 4 N–H and O–H groups in total. The number of carbonyl (C=O) groups excluding carboxylic acids is 4. The van der Waals surface area contributed by atoms with Crippen molar-refractivity contribution in [2.45, 2.75) is 97.2 Å². The van der Waals surface area contributed by atoms with Crippen molar-refractivity contribution in [2.24, 2.45) is 17.8 Å². The zero-order chi connectivity index (χ0) is 36.2. The van der Waals surface area contributed by atoms with Crippen molar-refractivity contribution in [3.63, 3.8) is 0 Å². The lowest BCUT2D eigenvalue weighted by molar-refractivity contribution is -0.146. The van der Waals surface area contributed by atoms with Gasteiger partial charge in [0.05, 0.1) is 43.0 Å². The lowest BCUT2D eigenvalue weighted by Crippen LogP contribution is -2.57. The van der Waals surface area contributed by atoms with Gasteiger partial charge in [0, 0.05) is 64.5 Å². The van der Waals surface area contributed by atoms with Crippen LogP contribution in [0, 0.1) is 17.8 Å². The van der Waals surface area contributed by atoms with E-state index in [0.29, 0.717) is 37.3 Å². The van der Waals surface area contributed by atoms with Gasteiger partial charge in [-0.2, -0.15) is 0 Å². The lowest BCUT2D eigenvalue weighted by atomic mass is 9.89. The SMILES string of the molecule is CC[C@H](C)[C@@H]([C@H](CC(=O)N1CCC[C@H]1[C@H](OC)[C@@H](C)C(=O)NCCn1ccnc1)OC)N(C)C(=O)[C@@H](NC(=O)c1ccc(N)cc1)C(C)C. The highest BCUT2D eigenvalue weighted by atomic mass is 16.5. The van der Waals surface area contributed by atoms with E-state index in [1.54, 1.807) is 63.0 Å². The molecule has 0 aliphatic carbocycles. The second-order valence-electron chi connectivity index (χ2n) is 13.5. The third kappa shape index (κ3) is 10.3. The third-order valence-electron chi connectivity index (χ3n) is 9.88. The van der Waals surface area contributed by atoms with Gasteiger partial charge < -0.3 is 40.2 Å². The Morgan fingerprint density at radius 1 is 1.08 bits per heavy atom. The number of likely N-dealkylation sites (tertiary alicyclic amines) is 1. The van der Waals surface area contributed by atoms with E-state index in [2.05, 4.69) is 15.6 Å². The van der Waals surface area contributed by atoms with Crippen LogP contribution in [0.15, 0.2) is 43.0 Å². The van der Waals surface area contributed by atoms with E-state index in [0.717, 1.165) is 12.8 Å². The first-order chi connectivity index (χ1) is 23.3. The van der Waals surface area contributed by atoms with Crippen LogP contribution in [0.4, 0.5) is 5.69 Å². The van der Waals surface area contributed by atoms with E-state index < -0.39 is 30.2 Å². The summed E-state index contributed by atoms with van der Waals surface area (Å²) in [6.45, 7) is 11.3. The Morgan fingerprint density at radius 2 is 1.78 bits per heavy atom. The minimum atomic E-state index is -0.798. The summed E-state index contributed by atoms with van der Waals surface area (Å²) >= 11 is 0. The molecule has 1 fully saturated rings. The average molecular weight is 684 g/mol. The van der Waals surface area contributed by atoms with Crippen molar-refractivity contribution in [1.29, 1.82) is 0 Å². The van der Waals surface area contributed by atoms with E-state index in [1.807, 2.05) is 50.3 Å². The summed E-state index contributed by atoms with van der Waals surface area (Å²) in [4.78, 5) is 61.8. The number of nitrogens with two attached hydrogens (primary N) is 1. The number of carbonyl (C=O) groups is 4. The number of nitrogens with one attached hydrogen (secondary N) is 2. The normalized spacial score (nSPS) is 18.3. The van der Waals surface area contributed by atoms with Gasteiger partial charge >= 0.3 is 0 Å². The Labute approximate surface area is 291 Å². The topological polar surface area (TPSA) is 161 Å². The number of benzene rings is 1. The zero-order valence-corrected chi connectivity index (χ0v) is 30.4. The predicted octanol–water partition coefficient (Wildman–Crippen LogP) is 2.96. The maximum absolute atomic E-state index is 14.1. The molecule has 1 aliphatic heterocycles. The Bertz CT molecular complexity index is 1350. The van der Waals surface area contributed by atoms with Crippen LogP contribution in [0.2, 0.25) is 0 Å². The molecule has 49 heavy (non-hydrogen) atoms. The zero-order valence-electron chi connectivity index (χ0n) is 30.4. The Balaban J connectivity index is 1.73. The summed E-state index contributed by atoms with van der Waals surface area (Å²) in [6.07, 6.45) is 6.43. The molecule has 2 heterocycles. The summed E-state index contributed by atoms with van der Waals surface area (Å²) in [5, 5.41) is 5.90. The van der Waals surface area contributed by atoms with E-state index in [-0.39, 0.29) is 47.9 Å². The van der Waals surface area contributed by atoms with Gasteiger partial charge in [-0.3, -0.25) is 19.2 Å². The number of ether oxygens (including phenoxy) is 2. The van der Waals surface area contributed by atoms with Gasteiger partial charge in [-0.1, -0.05) is 41.0 Å². The number of imidazole rings is 1. The molecule has 1 saturated heterocycles. The van der Waals surface area contributed by atoms with Gasteiger partial charge in [0.1, 0.15) is 6.04 Å². The van der Waals surface area contributed by atoms with Crippen LogP contribution < -0.4 is 16.4 Å². The molecular weight excluding hydrogens is 626 g/mol. The number of aromatic nitrogens is 2. The number of anilines is 1. The number of amides is 4. The Morgan fingerprint density at radius 3 is 2.35 bits per heavy atom. The van der Waals surface area contributed by atoms with Gasteiger partial charge in [-0.15, -0.1) is 0 Å². The highest BCUT2D eigenvalue weighted by molar-refractivity contribution is 5.98. The fourth-order valence-corrected chi connectivity index (χ4v) is 6.79. The molecule has 4 amide bonds. The highest BCUT2D eigenvalue weighted by Gasteiger charge is 2.42. The van der Waals surface area contributed by atoms with E-state index in [1.165, 1.54) is 0 Å². The van der Waals surface area contributed by atoms with Crippen molar-refractivity contribution in [3.8, 4) is 0 Å². The molecular formula is C36H57N7O6. The quantitative estimate of drug-likeness (QED) is 0.202. The summed E-state index contributed by atoms with van der Waals surface area (Å²) in [6, 6.07) is 5.02. The van der Waals surface area contributed by atoms with Gasteiger partial charge in [-0.05, 0) is 48.9 Å². The summed E-state index contributed by atoms with van der Waals surface area (Å²) < 4.78 is 13.7. The van der Waals surface area contributed by atoms with Crippen LogP contribution in [0.25, 0.3) is 0 Å². The molecule has 7 atom stereocenters. The van der Waals surface area contributed by atoms with Crippen LogP contribution in [-0.4, -0.2) is 108 Å². The van der Waals surface area contributed by atoms with E-state index in [9.17, 15) is 19.2 Å². The minimum absolute atomic E-state index is 0.0144. The summed E-state index contributed by atoms with van der Waals surface area (Å²) in [5.41, 5.74) is 6.73. The molecule has 13 heteroatoms. The monoisotopic (exact) mass is 683 g/mol. The molecule has 0 radical (unpaired) electrons. The number of likely N-dealkylation sites (N-methyl/N-ethyl adjacent to an activating group) is 1. The van der Waals surface area contributed by atoms with Crippen LogP contribution in [0.5, 0.6) is 0 Å². The van der Waals surface area contributed by atoms with Gasteiger partial charge in [0.25, 0.3) is 5.91 Å². The van der Waals surface area contributed by atoms with Crippen molar-refractivity contribution in [1.82, 2.24) is 30.0 Å². The largest absolute Gasteiger partial charge is 0.399 e. The molecule has 0 unspecified atom stereocenters. The molecule has 3 rings (SSSR count). The molecule has 1 aliphatic rings. The van der Waals surface area contributed by atoms with E-state index >= 15 is 0 Å². The highest BCUT2D eigenvalue weighted by Crippen LogP contribution is 2.29. The average Bonchev–Trinajstić information content (AvgIpc) is 3.79. The van der Waals surface area contributed by atoms with Gasteiger partial charge in [0.15, 0.2) is 0 Å². The first kappa shape index (κ1) is 39.5. The number of hydrogen-bond acceptors (Lipinski definition) is 8. The van der Waals surface area contributed by atoms with E-state index in [4.69, 9.17) is 15.2 Å². The molecule has 0 spiro atoms. The second kappa shape index (κ2) is 18.7. The van der Waals surface area contributed by atoms with Gasteiger partial charge in [-0.25, -0.2) is 4.98 Å². The molecule has 2 aromatic rings. The molecule has 0 saturated carbocycles. The third-order valence-corrected chi connectivity index (χ3v) is 9.88. The Hall–Kier alpha value is -3.97. The fourth-order valence-electron chi connectivity index (χ4n) is 6.79. The van der Waals surface area contributed by atoms with Crippen LogP contribution in [0.3, 0.4) is 0 Å². The van der Waals surface area contributed by atoms with Crippen LogP contribution in [-0.2, 0) is 30.4 Å². The van der Waals surface area contributed by atoms with Crippen LogP contribution in [0.1, 0.15) is 70.7 Å². The minimum Gasteiger partial charge on any atom is -0.399 e. The second-order valence-corrected chi connectivity index (χ2v) is 13.5. The number of nitrogen functional groups attached to an aromatic ring is 1.